The van der Waals surface area contributed by atoms with Crippen molar-refractivity contribution in [2.24, 2.45) is 0 Å². The van der Waals surface area contributed by atoms with E-state index in [-0.39, 0.29) is 24.7 Å². The van der Waals surface area contributed by atoms with Crippen molar-refractivity contribution in [1.29, 1.82) is 0 Å². The van der Waals surface area contributed by atoms with E-state index >= 15 is 0 Å². The molecule has 170 valence electrons. The summed E-state index contributed by atoms with van der Waals surface area (Å²) in [5, 5.41) is 11.2. The van der Waals surface area contributed by atoms with Gasteiger partial charge in [0.15, 0.2) is 0 Å². The minimum Gasteiger partial charge on any atom is -0.466 e. The number of aliphatic hydroxyl groups is 1. The van der Waals surface area contributed by atoms with Crippen molar-refractivity contribution in [3.8, 4) is 5.75 Å². The first-order valence-corrected chi connectivity index (χ1v) is 8.28. The molecule has 1 aliphatic rings. The van der Waals surface area contributed by atoms with E-state index in [1.165, 1.54) is 0 Å². The number of ether oxygens (including phenoxy) is 2. The molecule has 0 radical (unpaired) electrons. The number of hydrogen-bond acceptors (Lipinski definition) is 7. The third-order valence-electron chi connectivity index (χ3n) is 3.94. The molecule has 31 heavy (non-hydrogen) atoms. The van der Waals surface area contributed by atoms with Gasteiger partial charge in [-0.05, 0) is 18.2 Å². The van der Waals surface area contributed by atoms with E-state index in [4.69, 9.17) is 5.11 Å². The molecule has 0 saturated heterocycles. The van der Waals surface area contributed by atoms with Crippen LogP contribution in [0.2, 0.25) is 0 Å². The van der Waals surface area contributed by atoms with Crippen LogP contribution in [0.1, 0.15) is 10.4 Å². The number of β-amino-alcohol motifs (C(OH)–C–C–N with tert-alkyl or cyclic N) is 1. The van der Waals surface area contributed by atoms with Crippen LogP contribution in [-0.4, -0.2) is 67.0 Å². The lowest BCUT2D eigenvalue weighted by atomic mass is 10.1. The highest BCUT2D eigenvalue weighted by Gasteiger charge is 2.42. The number of nitrogens with one attached hydrogen (secondary N) is 1. The molecular formula is C17H14F6N2O6. The van der Waals surface area contributed by atoms with Gasteiger partial charge in [0.2, 0.25) is 0 Å². The highest BCUT2D eigenvalue weighted by molar-refractivity contribution is 6.11. The number of carbonyl (C=O) groups excluding carboxylic acids is 3. The number of benzene rings is 1. The van der Waals surface area contributed by atoms with Gasteiger partial charge in [-0.15, -0.1) is 13.2 Å². The Labute approximate surface area is 170 Å². The third kappa shape index (κ3) is 5.65. The monoisotopic (exact) mass is 456 g/mol. The van der Waals surface area contributed by atoms with Gasteiger partial charge in [-0.1, -0.05) is 0 Å². The first kappa shape index (κ1) is 24.0. The number of anilines is 1. The van der Waals surface area contributed by atoms with Crippen LogP contribution in [0.25, 0.3) is 0 Å². The fourth-order valence-corrected chi connectivity index (χ4v) is 2.65. The lowest BCUT2D eigenvalue weighted by Gasteiger charge is -2.17. The minimum absolute atomic E-state index is 0.203. The molecule has 0 bridgehead atoms. The van der Waals surface area contributed by atoms with E-state index in [0.29, 0.717) is 12.1 Å². The van der Waals surface area contributed by atoms with E-state index in [2.05, 4.69) is 14.8 Å². The lowest BCUT2D eigenvalue weighted by Crippen LogP contribution is -2.31. The molecule has 1 aromatic carbocycles. The standard InChI is InChI=1S/C17H14F6N2O6/c1-30-15(29)10-7-25(4-5-26)14(28)12(10)24-11-3-2-8(31-17(21,22)23)6-9(11)13(27)16(18,19)20/h2-3,6,24,26H,4-5,7H2,1H3. The zero-order valence-electron chi connectivity index (χ0n) is 15.6. The van der Waals surface area contributed by atoms with Gasteiger partial charge in [0.1, 0.15) is 11.4 Å². The largest absolute Gasteiger partial charge is 0.573 e. The van der Waals surface area contributed by atoms with Gasteiger partial charge in [0.25, 0.3) is 11.7 Å². The number of methoxy groups -OCH3 is 1. The summed E-state index contributed by atoms with van der Waals surface area (Å²) in [6.45, 7) is -1.07. The maximum Gasteiger partial charge on any atom is 0.573 e. The van der Waals surface area contributed by atoms with Gasteiger partial charge in [0, 0.05) is 6.54 Å². The van der Waals surface area contributed by atoms with Gasteiger partial charge < -0.3 is 24.8 Å². The summed E-state index contributed by atoms with van der Waals surface area (Å²) in [7, 11) is 0.980. The first-order chi connectivity index (χ1) is 14.3. The lowest BCUT2D eigenvalue weighted by molar-refractivity contribution is -0.274. The smallest absolute Gasteiger partial charge is 0.466 e. The molecule has 2 N–H and O–H groups in total. The Morgan fingerprint density at radius 3 is 2.35 bits per heavy atom. The molecule has 1 amide bonds. The van der Waals surface area contributed by atoms with Crippen LogP contribution in [0.5, 0.6) is 5.75 Å². The summed E-state index contributed by atoms with van der Waals surface area (Å²) >= 11 is 0. The summed E-state index contributed by atoms with van der Waals surface area (Å²) in [6, 6.07) is 1.48. The average molecular weight is 456 g/mol. The SMILES string of the molecule is COC(=O)C1=C(Nc2ccc(OC(F)(F)F)cc2C(=O)C(F)(F)F)C(=O)N(CCO)C1. The molecule has 0 atom stereocenters. The first-order valence-electron chi connectivity index (χ1n) is 8.28. The maximum absolute atomic E-state index is 13.0. The van der Waals surface area contributed by atoms with Crippen LogP contribution in [-0.2, 0) is 14.3 Å². The molecule has 0 aliphatic carbocycles. The van der Waals surface area contributed by atoms with Crippen LogP contribution >= 0.6 is 0 Å². The molecule has 8 nitrogen and oxygen atoms in total. The number of nitrogens with zero attached hydrogens (tertiary/aromatic N) is 1. The zero-order valence-corrected chi connectivity index (χ0v) is 15.6. The number of esters is 1. The van der Waals surface area contributed by atoms with Crippen molar-refractivity contribution in [3.05, 3.63) is 35.0 Å². The van der Waals surface area contributed by atoms with Crippen LogP contribution in [0, 0.1) is 0 Å². The van der Waals surface area contributed by atoms with Crippen LogP contribution in [0.15, 0.2) is 29.5 Å². The number of amides is 1. The van der Waals surface area contributed by atoms with Crippen molar-refractivity contribution < 1.29 is 55.3 Å². The Balaban J connectivity index is 2.54. The van der Waals surface area contributed by atoms with E-state index in [1.807, 2.05) is 0 Å². The molecule has 2 rings (SSSR count). The van der Waals surface area contributed by atoms with Crippen LogP contribution in [0.4, 0.5) is 32.0 Å². The number of halogens is 6. The summed E-state index contributed by atoms with van der Waals surface area (Å²) < 4.78 is 84.2. The second-order valence-electron chi connectivity index (χ2n) is 6.00. The van der Waals surface area contributed by atoms with E-state index in [0.717, 1.165) is 12.0 Å². The molecule has 1 heterocycles. The van der Waals surface area contributed by atoms with Crippen molar-refractivity contribution in [2.45, 2.75) is 12.5 Å². The summed E-state index contributed by atoms with van der Waals surface area (Å²) in [5.41, 5.74) is -2.85. The zero-order chi connectivity index (χ0) is 23.6. The molecule has 0 aromatic heterocycles. The topological polar surface area (TPSA) is 105 Å². The summed E-state index contributed by atoms with van der Waals surface area (Å²) in [6.07, 6.45) is -10.7. The third-order valence-corrected chi connectivity index (χ3v) is 3.94. The Morgan fingerprint density at radius 1 is 1.19 bits per heavy atom. The molecule has 1 aliphatic heterocycles. The number of alkyl halides is 6. The van der Waals surface area contributed by atoms with E-state index in [9.17, 15) is 40.7 Å². The molecule has 1 aromatic rings. The Hall–Kier alpha value is -3.29. The Kier molecular flexibility index (Phi) is 6.83. The van der Waals surface area contributed by atoms with Gasteiger partial charge in [0.05, 0.1) is 37.1 Å². The van der Waals surface area contributed by atoms with Gasteiger partial charge in [-0.3, -0.25) is 9.59 Å². The van der Waals surface area contributed by atoms with Crippen molar-refractivity contribution >= 4 is 23.3 Å². The van der Waals surface area contributed by atoms with Crippen LogP contribution in [0.3, 0.4) is 0 Å². The highest BCUT2D eigenvalue weighted by atomic mass is 19.4. The minimum atomic E-state index is -5.46. The number of Topliss-reactive ketones (excluding diaryl/α,β-unsaturated/α-hetero) is 1. The number of rotatable bonds is 7. The number of carbonyl (C=O) groups is 3. The van der Waals surface area contributed by atoms with Crippen molar-refractivity contribution in [2.75, 3.05) is 32.1 Å². The number of aliphatic hydroxyl groups excluding tert-OH is 1. The predicted molar refractivity (Wildman–Crippen MR) is 89.8 cm³/mol. The van der Waals surface area contributed by atoms with Gasteiger partial charge in [-0.2, -0.15) is 13.2 Å². The molecular weight excluding hydrogens is 442 g/mol. The van der Waals surface area contributed by atoms with Gasteiger partial charge >= 0.3 is 18.5 Å². The number of hydrogen-bond donors (Lipinski definition) is 2. The van der Waals surface area contributed by atoms with E-state index < -0.39 is 59.5 Å². The maximum atomic E-state index is 13.0. The highest BCUT2D eigenvalue weighted by Crippen LogP contribution is 2.33. The molecule has 0 saturated carbocycles. The second-order valence-corrected chi connectivity index (χ2v) is 6.00. The van der Waals surface area contributed by atoms with Crippen molar-refractivity contribution in [3.63, 3.8) is 0 Å². The van der Waals surface area contributed by atoms with Gasteiger partial charge in [-0.25, -0.2) is 4.79 Å². The number of ketones is 1. The fraction of sp³-hybridized carbons (Fsp3) is 0.353. The molecule has 0 spiro atoms. The predicted octanol–water partition coefficient (Wildman–Crippen LogP) is 2.00. The quantitative estimate of drug-likeness (QED) is 0.368. The molecule has 14 heteroatoms. The fourth-order valence-electron chi connectivity index (χ4n) is 2.65. The molecule has 0 fully saturated rings. The second kappa shape index (κ2) is 8.83. The van der Waals surface area contributed by atoms with Crippen molar-refractivity contribution in [1.82, 2.24) is 4.90 Å². The van der Waals surface area contributed by atoms with E-state index in [1.54, 1.807) is 0 Å². The summed E-state index contributed by atoms with van der Waals surface area (Å²) in [4.78, 5) is 37.1. The van der Waals surface area contributed by atoms with Crippen LogP contribution < -0.4 is 10.1 Å². The Morgan fingerprint density at radius 2 is 1.84 bits per heavy atom. The summed E-state index contributed by atoms with van der Waals surface area (Å²) in [5.74, 6) is -5.54. The normalized spacial score (nSPS) is 14.7. The molecule has 0 unspecified atom stereocenters. The Bertz CT molecular complexity index is 925. The average Bonchev–Trinajstić information content (AvgIpc) is 2.96.